The lowest BCUT2D eigenvalue weighted by molar-refractivity contribution is 0.599. The van der Waals surface area contributed by atoms with Crippen LogP contribution in [0.3, 0.4) is 0 Å². The molecule has 0 aliphatic carbocycles. The van der Waals surface area contributed by atoms with Gasteiger partial charge in [0.25, 0.3) is 10.0 Å². The average molecular weight is 295 g/mol. The monoisotopic (exact) mass is 295 g/mol. The molecule has 0 aliphatic rings. The van der Waals surface area contributed by atoms with Crippen LogP contribution in [-0.4, -0.2) is 28.2 Å². The van der Waals surface area contributed by atoms with E-state index in [9.17, 15) is 8.42 Å². The Morgan fingerprint density at radius 2 is 1.65 bits per heavy atom. The molecular formula is C12H17N5O2S. The number of hydrogen-bond acceptors (Lipinski definition) is 5. The van der Waals surface area contributed by atoms with E-state index in [0.717, 1.165) is 0 Å². The molecule has 0 saturated carbocycles. The normalized spacial score (nSPS) is 11.7. The molecule has 108 valence electrons. The molecule has 0 atom stereocenters. The van der Waals surface area contributed by atoms with Gasteiger partial charge in [0.05, 0.1) is 11.4 Å². The third-order valence-electron chi connectivity index (χ3n) is 2.92. The first kappa shape index (κ1) is 14.4. The minimum Gasteiger partial charge on any atom is -0.271 e. The summed E-state index contributed by atoms with van der Waals surface area (Å²) in [6, 6.07) is 1.78. The summed E-state index contributed by atoms with van der Waals surface area (Å²) in [4.78, 5) is 8.33. The Morgan fingerprint density at radius 1 is 1.10 bits per heavy atom. The summed E-state index contributed by atoms with van der Waals surface area (Å²) in [5.41, 5.74) is 2.42. The lowest BCUT2D eigenvalue weighted by atomic mass is 10.4. The van der Waals surface area contributed by atoms with Gasteiger partial charge in [-0.1, -0.05) is 0 Å². The maximum absolute atomic E-state index is 12.4. The van der Waals surface area contributed by atoms with Gasteiger partial charge in [-0.3, -0.25) is 4.68 Å². The smallest absolute Gasteiger partial charge is 0.267 e. The number of hydrogen-bond donors (Lipinski definition) is 1. The van der Waals surface area contributed by atoms with E-state index in [4.69, 9.17) is 0 Å². The molecule has 2 aromatic heterocycles. The van der Waals surface area contributed by atoms with E-state index in [1.807, 2.05) is 0 Å². The van der Waals surface area contributed by atoms with Crippen LogP contribution in [0.1, 0.15) is 22.8 Å². The summed E-state index contributed by atoms with van der Waals surface area (Å²) in [5.74, 6) is 0.0742. The largest absolute Gasteiger partial charge is 0.271 e. The Hall–Kier alpha value is -1.96. The SMILES string of the molecule is Cc1cc(C)nc(NS(=O)(=O)c2c(C)nn(C)c2C)n1. The Balaban J connectivity index is 2.46. The van der Waals surface area contributed by atoms with Crippen LogP contribution in [-0.2, 0) is 17.1 Å². The summed E-state index contributed by atoms with van der Waals surface area (Å²) in [5, 5.41) is 4.11. The van der Waals surface area contributed by atoms with Gasteiger partial charge in [-0.25, -0.2) is 23.1 Å². The van der Waals surface area contributed by atoms with Crippen molar-refractivity contribution >= 4 is 16.0 Å². The number of nitrogens with one attached hydrogen (secondary N) is 1. The highest BCUT2D eigenvalue weighted by Gasteiger charge is 2.24. The molecule has 0 amide bonds. The maximum Gasteiger partial charge on any atom is 0.267 e. The van der Waals surface area contributed by atoms with E-state index in [1.54, 1.807) is 40.8 Å². The molecule has 1 N–H and O–H groups in total. The van der Waals surface area contributed by atoms with Gasteiger partial charge in [0.2, 0.25) is 5.95 Å². The van der Waals surface area contributed by atoms with Crippen LogP contribution in [0.4, 0.5) is 5.95 Å². The second kappa shape index (κ2) is 4.86. The molecule has 0 aliphatic heterocycles. The van der Waals surface area contributed by atoms with Crippen LogP contribution in [0.5, 0.6) is 0 Å². The summed E-state index contributed by atoms with van der Waals surface area (Å²) in [7, 11) is -2.04. The van der Waals surface area contributed by atoms with E-state index in [2.05, 4.69) is 19.8 Å². The van der Waals surface area contributed by atoms with E-state index in [1.165, 1.54) is 4.68 Å². The van der Waals surface area contributed by atoms with Crippen molar-refractivity contribution in [3.05, 3.63) is 28.8 Å². The van der Waals surface area contributed by atoms with Crippen molar-refractivity contribution < 1.29 is 8.42 Å². The summed E-state index contributed by atoms with van der Waals surface area (Å²) < 4.78 is 28.8. The van der Waals surface area contributed by atoms with Crippen molar-refractivity contribution in [2.45, 2.75) is 32.6 Å². The predicted molar refractivity (Wildman–Crippen MR) is 75.0 cm³/mol. The minimum atomic E-state index is -3.75. The van der Waals surface area contributed by atoms with E-state index >= 15 is 0 Å². The fourth-order valence-corrected chi connectivity index (χ4v) is 3.47. The Labute approximate surface area is 118 Å². The van der Waals surface area contributed by atoms with Crippen LogP contribution in [0.2, 0.25) is 0 Å². The van der Waals surface area contributed by atoms with Crippen molar-refractivity contribution in [3.8, 4) is 0 Å². The van der Waals surface area contributed by atoms with Crippen LogP contribution in [0.15, 0.2) is 11.0 Å². The number of aryl methyl sites for hydroxylation is 4. The molecule has 0 spiro atoms. The lowest BCUT2D eigenvalue weighted by Crippen LogP contribution is -2.17. The second-order valence-electron chi connectivity index (χ2n) is 4.70. The van der Waals surface area contributed by atoms with Gasteiger partial charge in [0.1, 0.15) is 4.90 Å². The Morgan fingerprint density at radius 3 is 2.10 bits per heavy atom. The molecule has 7 nitrogen and oxygen atoms in total. The molecular weight excluding hydrogens is 278 g/mol. The molecule has 0 fully saturated rings. The molecule has 2 heterocycles. The molecule has 0 saturated heterocycles. The predicted octanol–water partition coefficient (Wildman–Crippen LogP) is 1.24. The number of aromatic nitrogens is 4. The topological polar surface area (TPSA) is 89.8 Å². The third-order valence-corrected chi connectivity index (χ3v) is 4.50. The number of rotatable bonds is 3. The summed E-state index contributed by atoms with van der Waals surface area (Å²) in [6.45, 7) is 6.93. The fraction of sp³-hybridized carbons (Fsp3) is 0.417. The highest BCUT2D eigenvalue weighted by atomic mass is 32.2. The quantitative estimate of drug-likeness (QED) is 0.920. The van der Waals surface area contributed by atoms with Gasteiger partial charge >= 0.3 is 0 Å². The number of nitrogens with zero attached hydrogens (tertiary/aromatic N) is 4. The Bertz CT molecular complexity index is 744. The van der Waals surface area contributed by atoms with E-state index < -0.39 is 10.0 Å². The van der Waals surface area contributed by atoms with Crippen LogP contribution in [0.25, 0.3) is 0 Å². The molecule has 2 rings (SSSR count). The average Bonchev–Trinajstić information content (AvgIpc) is 2.50. The van der Waals surface area contributed by atoms with Crippen molar-refractivity contribution in [2.75, 3.05) is 4.72 Å². The molecule has 8 heteroatoms. The van der Waals surface area contributed by atoms with Gasteiger partial charge in [-0.05, 0) is 33.8 Å². The first-order valence-electron chi connectivity index (χ1n) is 6.06. The fourth-order valence-electron chi connectivity index (χ4n) is 2.09. The van der Waals surface area contributed by atoms with Crippen molar-refractivity contribution in [1.82, 2.24) is 19.7 Å². The van der Waals surface area contributed by atoms with Gasteiger partial charge in [0, 0.05) is 18.4 Å². The molecule has 0 radical (unpaired) electrons. The number of sulfonamides is 1. The van der Waals surface area contributed by atoms with Crippen molar-refractivity contribution in [3.63, 3.8) is 0 Å². The standard InChI is InChI=1S/C12H17N5O2S/c1-7-6-8(2)14-12(13-7)16-20(18,19)11-9(3)15-17(5)10(11)4/h6H,1-5H3,(H,13,14,16). The van der Waals surface area contributed by atoms with Gasteiger partial charge in [-0.15, -0.1) is 0 Å². The molecule has 0 unspecified atom stereocenters. The summed E-state index contributed by atoms with van der Waals surface area (Å²) in [6.07, 6.45) is 0. The second-order valence-corrected chi connectivity index (χ2v) is 6.32. The van der Waals surface area contributed by atoms with E-state index in [-0.39, 0.29) is 10.8 Å². The molecule has 0 bridgehead atoms. The van der Waals surface area contributed by atoms with Gasteiger partial charge in [-0.2, -0.15) is 5.10 Å². The molecule has 20 heavy (non-hydrogen) atoms. The first-order chi connectivity index (χ1) is 9.20. The molecule has 2 aromatic rings. The summed E-state index contributed by atoms with van der Waals surface area (Å²) >= 11 is 0. The third kappa shape index (κ3) is 2.64. The Kier molecular flexibility index (Phi) is 3.51. The molecule has 0 aromatic carbocycles. The van der Waals surface area contributed by atoms with Gasteiger partial charge < -0.3 is 0 Å². The lowest BCUT2D eigenvalue weighted by Gasteiger charge is -2.08. The zero-order valence-electron chi connectivity index (χ0n) is 12.1. The van der Waals surface area contributed by atoms with Crippen LogP contribution >= 0.6 is 0 Å². The van der Waals surface area contributed by atoms with Crippen LogP contribution < -0.4 is 4.72 Å². The van der Waals surface area contributed by atoms with Crippen LogP contribution in [0, 0.1) is 27.7 Å². The highest BCUT2D eigenvalue weighted by Crippen LogP contribution is 2.20. The van der Waals surface area contributed by atoms with Gasteiger partial charge in [0.15, 0.2) is 0 Å². The zero-order valence-corrected chi connectivity index (χ0v) is 12.9. The zero-order chi connectivity index (χ0) is 15.1. The van der Waals surface area contributed by atoms with E-state index in [0.29, 0.717) is 22.8 Å². The van der Waals surface area contributed by atoms with Crippen molar-refractivity contribution in [1.29, 1.82) is 0 Å². The first-order valence-corrected chi connectivity index (χ1v) is 7.54. The maximum atomic E-state index is 12.4. The van der Waals surface area contributed by atoms with Crippen molar-refractivity contribution in [2.24, 2.45) is 7.05 Å². The highest BCUT2D eigenvalue weighted by molar-refractivity contribution is 7.92. The number of anilines is 1. The minimum absolute atomic E-state index is 0.0742.